The summed E-state index contributed by atoms with van der Waals surface area (Å²) in [7, 11) is 0. The van der Waals surface area contributed by atoms with Gasteiger partial charge in [0.2, 0.25) is 0 Å². The molecule has 0 bridgehead atoms. The minimum atomic E-state index is -0.144. The first-order chi connectivity index (χ1) is 6.75. The first-order valence-corrected chi connectivity index (χ1v) is 4.79. The van der Waals surface area contributed by atoms with E-state index >= 15 is 0 Å². The number of nitrogens with two attached hydrogens (primary N) is 1. The van der Waals surface area contributed by atoms with Gasteiger partial charge in [0.15, 0.2) is 0 Å². The van der Waals surface area contributed by atoms with Gasteiger partial charge in [0.05, 0.1) is 0 Å². The van der Waals surface area contributed by atoms with Crippen LogP contribution in [0.1, 0.15) is 11.3 Å². The maximum Gasteiger partial charge on any atom is 0.132 e. The molecular weight excluding hydrogens is 179 g/mol. The minimum absolute atomic E-state index is 0.144. The normalized spacial score (nSPS) is 20.3. The highest BCUT2D eigenvalue weighted by atomic mass is 19.1. The molecule has 3 heteroatoms. The Balaban J connectivity index is 2.35. The van der Waals surface area contributed by atoms with Crippen molar-refractivity contribution in [2.75, 3.05) is 0 Å². The fourth-order valence-electron chi connectivity index (χ4n) is 2.32. The van der Waals surface area contributed by atoms with Gasteiger partial charge in [0, 0.05) is 29.1 Å². The Kier molecular flexibility index (Phi) is 1.47. The Morgan fingerprint density at radius 3 is 3.07 bits per heavy atom. The molecule has 3 N–H and O–H groups in total. The lowest BCUT2D eigenvalue weighted by molar-refractivity contribution is 0.638. The van der Waals surface area contributed by atoms with Crippen LogP contribution in [0.4, 0.5) is 4.39 Å². The summed E-state index contributed by atoms with van der Waals surface area (Å²) >= 11 is 0. The number of halogens is 1. The van der Waals surface area contributed by atoms with Gasteiger partial charge in [-0.3, -0.25) is 0 Å². The molecule has 2 aromatic rings. The number of aromatic nitrogens is 1. The summed E-state index contributed by atoms with van der Waals surface area (Å²) in [5, 5.41) is 0.732. The number of hydrogen-bond donors (Lipinski definition) is 2. The molecule has 0 saturated carbocycles. The predicted molar refractivity (Wildman–Crippen MR) is 53.6 cm³/mol. The smallest absolute Gasteiger partial charge is 0.132 e. The second-order valence-corrected chi connectivity index (χ2v) is 3.91. The van der Waals surface area contributed by atoms with E-state index in [9.17, 15) is 4.39 Å². The first-order valence-electron chi connectivity index (χ1n) is 4.79. The molecule has 0 spiro atoms. The van der Waals surface area contributed by atoms with Crippen molar-refractivity contribution in [2.45, 2.75) is 18.9 Å². The maximum atomic E-state index is 13.5. The van der Waals surface area contributed by atoms with Gasteiger partial charge in [-0.05, 0) is 24.1 Å². The van der Waals surface area contributed by atoms with Gasteiger partial charge in [-0.25, -0.2) is 4.39 Å². The largest absolute Gasteiger partial charge is 0.358 e. The topological polar surface area (TPSA) is 41.8 Å². The molecule has 0 amide bonds. The van der Waals surface area contributed by atoms with Crippen molar-refractivity contribution in [1.29, 1.82) is 0 Å². The third-order valence-electron chi connectivity index (χ3n) is 2.90. The number of hydrogen-bond acceptors (Lipinski definition) is 1. The van der Waals surface area contributed by atoms with Crippen LogP contribution in [-0.2, 0) is 12.8 Å². The van der Waals surface area contributed by atoms with E-state index in [-0.39, 0.29) is 11.9 Å². The van der Waals surface area contributed by atoms with E-state index in [1.54, 1.807) is 6.07 Å². The molecular formula is C11H11FN2. The highest BCUT2D eigenvalue weighted by Crippen LogP contribution is 2.30. The molecule has 0 aliphatic heterocycles. The molecule has 1 aliphatic rings. The second-order valence-electron chi connectivity index (χ2n) is 3.91. The number of benzene rings is 1. The Morgan fingerprint density at radius 1 is 1.36 bits per heavy atom. The van der Waals surface area contributed by atoms with Gasteiger partial charge in [-0.2, -0.15) is 0 Å². The second kappa shape index (κ2) is 2.58. The Labute approximate surface area is 80.9 Å². The Hall–Kier alpha value is -1.35. The SMILES string of the molecule is NC1Cc2[nH]c3cccc(F)c3c2C1. The van der Waals surface area contributed by atoms with Gasteiger partial charge in [-0.15, -0.1) is 0 Å². The molecule has 1 unspecified atom stereocenters. The van der Waals surface area contributed by atoms with E-state index in [2.05, 4.69) is 4.98 Å². The highest BCUT2D eigenvalue weighted by molar-refractivity contribution is 5.86. The van der Waals surface area contributed by atoms with Gasteiger partial charge >= 0.3 is 0 Å². The van der Waals surface area contributed by atoms with Crippen LogP contribution in [0.15, 0.2) is 18.2 Å². The lowest BCUT2D eigenvalue weighted by atomic mass is 10.1. The van der Waals surface area contributed by atoms with Crippen LogP contribution in [0.2, 0.25) is 0 Å². The first kappa shape index (κ1) is 8.00. The number of fused-ring (bicyclic) bond motifs is 3. The lowest BCUT2D eigenvalue weighted by Crippen LogP contribution is -2.19. The molecule has 1 aromatic carbocycles. The van der Waals surface area contributed by atoms with Gasteiger partial charge in [0.1, 0.15) is 5.82 Å². The Morgan fingerprint density at radius 2 is 2.21 bits per heavy atom. The summed E-state index contributed by atoms with van der Waals surface area (Å²) in [5.41, 5.74) is 8.90. The van der Waals surface area contributed by atoms with E-state index in [1.165, 1.54) is 6.07 Å². The quantitative estimate of drug-likeness (QED) is 0.652. The van der Waals surface area contributed by atoms with Crippen molar-refractivity contribution in [3.63, 3.8) is 0 Å². The zero-order valence-corrected chi connectivity index (χ0v) is 7.68. The van der Waals surface area contributed by atoms with Crippen LogP contribution in [0, 0.1) is 5.82 Å². The van der Waals surface area contributed by atoms with Crippen molar-refractivity contribution in [1.82, 2.24) is 4.98 Å². The van der Waals surface area contributed by atoms with E-state index < -0.39 is 0 Å². The lowest BCUT2D eigenvalue weighted by Gasteiger charge is -2.00. The molecule has 1 atom stereocenters. The third-order valence-corrected chi connectivity index (χ3v) is 2.90. The van der Waals surface area contributed by atoms with Crippen molar-refractivity contribution < 1.29 is 4.39 Å². The number of nitrogens with one attached hydrogen (secondary N) is 1. The summed E-state index contributed by atoms with van der Waals surface area (Å²) in [6, 6.07) is 5.28. The molecule has 1 heterocycles. The average molecular weight is 190 g/mol. The molecule has 0 radical (unpaired) electrons. The van der Waals surface area contributed by atoms with Crippen LogP contribution in [0.3, 0.4) is 0 Å². The maximum absolute atomic E-state index is 13.5. The molecule has 14 heavy (non-hydrogen) atoms. The average Bonchev–Trinajstić information content (AvgIpc) is 2.60. The number of H-pyrrole nitrogens is 1. The summed E-state index contributed by atoms with van der Waals surface area (Å²) in [5.74, 6) is -0.144. The van der Waals surface area contributed by atoms with Gasteiger partial charge in [0.25, 0.3) is 0 Å². The number of aromatic amines is 1. The summed E-state index contributed by atoms with van der Waals surface area (Å²) < 4.78 is 13.5. The van der Waals surface area contributed by atoms with E-state index in [1.807, 2.05) is 6.07 Å². The van der Waals surface area contributed by atoms with Crippen LogP contribution in [0.25, 0.3) is 10.9 Å². The zero-order valence-electron chi connectivity index (χ0n) is 7.68. The fraction of sp³-hybridized carbons (Fsp3) is 0.273. The molecule has 0 fully saturated rings. The van der Waals surface area contributed by atoms with Crippen molar-refractivity contribution >= 4 is 10.9 Å². The van der Waals surface area contributed by atoms with E-state index in [0.29, 0.717) is 0 Å². The van der Waals surface area contributed by atoms with Crippen LogP contribution in [-0.4, -0.2) is 11.0 Å². The van der Waals surface area contributed by atoms with Crippen LogP contribution < -0.4 is 5.73 Å². The molecule has 0 saturated heterocycles. The number of rotatable bonds is 0. The van der Waals surface area contributed by atoms with Crippen LogP contribution >= 0.6 is 0 Å². The van der Waals surface area contributed by atoms with E-state index in [0.717, 1.165) is 35.0 Å². The minimum Gasteiger partial charge on any atom is -0.358 e. The predicted octanol–water partition coefficient (Wildman–Crippen LogP) is 1.73. The van der Waals surface area contributed by atoms with E-state index in [4.69, 9.17) is 5.73 Å². The summed E-state index contributed by atoms with van der Waals surface area (Å²) in [6.45, 7) is 0. The molecule has 72 valence electrons. The summed E-state index contributed by atoms with van der Waals surface area (Å²) in [6.07, 6.45) is 1.62. The zero-order chi connectivity index (χ0) is 9.71. The van der Waals surface area contributed by atoms with Gasteiger partial charge in [-0.1, -0.05) is 6.07 Å². The Bertz CT molecular complexity index is 501. The van der Waals surface area contributed by atoms with Gasteiger partial charge < -0.3 is 10.7 Å². The molecule has 2 nitrogen and oxygen atoms in total. The molecule has 3 rings (SSSR count). The van der Waals surface area contributed by atoms with Crippen molar-refractivity contribution in [3.05, 3.63) is 35.3 Å². The monoisotopic (exact) mass is 190 g/mol. The summed E-state index contributed by atoms with van der Waals surface area (Å²) in [4.78, 5) is 3.23. The standard InChI is InChI=1S/C11H11FN2/c12-8-2-1-3-9-11(8)7-4-6(13)5-10(7)14-9/h1-3,6,14H,4-5,13H2. The highest BCUT2D eigenvalue weighted by Gasteiger charge is 2.23. The molecule has 1 aromatic heterocycles. The van der Waals surface area contributed by atoms with Crippen molar-refractivity contribution in [3.8, 4) is 0 Å². The molecule has 1 aliphatic carbocycles. The van der Waals surface area contributed by atoms with Crippen LogP contribution in [0.5, 0.6) is 0 Å². The third kappa shape index (κ3) is 0.930. The fourth-order valence-corrected chi connectivity index (χ4v) is 2.32. The van der Waals surface area contributed by atoms with Crippen molar-refractivity contribution in [2.24, 2.45) is 5.73 Å².